The number of aromatic nitrogens is 1. The first-order valence-electron chi connectivity index (χ1n) is 9.96. The molecule has 2 aliphatic carbocycles. The lowest BCUT2D eigenvalue weighted by molar-refractivity contribution is -0.171. The number of nitrogens with zero attached hydrogens (tertiary/aromatic N) is 1. The maximum atomic E-state index is 6.02. The van der Waals surface area contributed by atoms with Crippen molar-refractivity contribution in [3.05, 3.63) is 36.0 Å². The lowest BCUT2D eigenvalue weighted by Gasteiger charge is -2.63. The Hall–Kier alpha value is -2.01. The second-order valence-corrected chi connectivity index (χ2v) is 8.06. The highest BCUT2D eigenvalue weighted by molar-refractivity contribution is 5.83. The number of aromatic amines is 1. The predicted octanol–water partition coefficient (Wildman–Crippen LogP) is 2.83. The molecular formula is C21H28N4O. The maximum absolute atomic E-state index is 6.02. The maximum Gasteiger partial charge on any atom is 0.191 e. The number of guanidine groups is 1. The molecule has 0 bridgehead atoms. The van der Waals surface area contributed by atoms with Gasteiger partial charge in [-0.15, -0.1) is 0 Å². The molecule has 1 saturated heterocycles. The van der Waals surface area contributed by atoms with Crippen molar-refractivity contribution in [3.63, 3.8) is 0 Å². The number of ether oxygens (including phenoxy) is 1. The molecule has 1 aromatic carbocycles. The summed E-state index contributed by atoms with van der Waals surface area (Å²) in [5.41, 5.74) is 2.95. The van der Waals surface area contributed by atoms with E-state index in [9.17, 15) is 0 Å². The summed E-state index contributed by atoms with van der Waals surface area (Å²) in [6, 6.07) is 9.01. The average Bonchev–Trinajstić information content (AvgIpc) is 3.22. The van der Waals surface area contributed by atoms with Crippen molar-refractivity contribution in [1.82, 2.24) is 15.6 Å². The van der Waals surface area contributed by atoms with Crippen LogP contribution in [0.5, 0.6) is 0 Å². The predicted molar refractivity (Wildman–Crippen MR) is 104 cm³/mol. The van der Waals surface area contributed by atoms with Gasteiger partial charge in [0.2, 0.25) is 0 Å². The number of hydrogen-bond acceptors (Lipinski definition) is 2. The first-order valence-corrected chi connectivity index (χ1v) is 9.96. The second kappa shape index (κ2) is 6.31. The molecule has 2 saturated carbocycles. The molecule has 138 valence electrons. The van der Waals surface area contributed by atoms with E-state index in [0.717, 1.165) is 25.5 Å². The number of nitrogens with one attached hydrogen (secondary N) is 3. The van der Waals surface area contributed by atoms with E-state index in [-0.39, 0.29) is 0 Å². The molecule has 1 aliphatic heterocycles. The average molecular weight is 352 g/mol. The van der Waals surface area contributed by atoms with Gasteiger partial charge in [0.05, 0.1) is 6.10 Å². The zero-order chi connectivity index (χ0) is 17.6. The van der Waals surface area contributed by atoms with E-state index in [0.29, 0.717) is 23.5 Å². The van der Waals surface area contributed by atoms with E-state index < -0.39 is 0 Å². The van der Waals surface area contributed by atoms with Crippen LogP contribution in [0, 0.1) is 11.3 Å². The number of para-hydroxylation sites is 1. The van der Waals surface area contributed by atoms with E-state index in [4.69, 9.17) is 4.74 Å². The smallest absolute Gasteiger partial charge is 0.191 e. The highest BCUT2D eigenvalue weighted by Crippen LogP contribution is 2.62. The number of aliphatic imine (C=N–C) groups is 1. The van der Waals surface area contributed by atoms with Gasteiger partial charge in [0.1, 0.15) is 0 Å². The van der Waals surface area contributed by atoms with Crippen LogP contribution in [0.15, 0.2) is 35.5 Å². The molecule has 5 nitrogen and oxygen atoms in total. The lowest BCUT2D eigenvalue weighted by Crippen LogP contribution is -2.72. The first-order chi connectivity index (χ1) is 12.8. The van der Waals surface area contributed by atoms with Gasteiger partial charge in [0.15, 0.2) is 5.96 Å². The normalized spacial score (nSPS) is 29.3. The fourth-order valence-corrected chi connectivity index (χ4v) is 5.45. The van der Waals surface area contributed by atoms with Crippen molar-refractivity contribution in [2.24, 2.45) is 16.3 Å². The van der Waals surface area contributed by atoms with Crippen LogP contribution >= 0.6 is 0 Å². The second-order valence-electron chi connectivity index (χ2n) is 8.06. The van der Waals surface area contributed by atoms with Gasteiger partial charge >= 0.3 is 0 Å². The summed E-state index contributed by atoms with van der Waals surface area (Å²) in [4.78, 5) is 7.83. The highest BCUT2D eigenvalue weighted by atomic mass is 16.5. The minimum absolute atomic E-state index is 0.385. The summed E-state index contributed by atoms with van der Waals surface area (Å²) in [6.07, 6.45) is 8.75. The van der Waals surface area contributed by atoms with Crippen LogP contribution in [-0.4, -0.2) is 43.3 Å². The molecule has 1 aromatic heterocycles. The van der Waals surface area contributed by atoms with Gasteiger partial charge in [-0.2, -0.15) is 0 Å². The number of hydrogen-bond donors (Lipinski definition) is 3. The Kier molecular flexibility index (Phi) is 3.92. The van der Waals surface area contributed by atoms with Crippen LogP contribution < -0.4 is 10.6 Å². The highest BCUT2D eigenvalue weighted by Gasteiger charge is 2.66. The Morgan fingerprint density at radius 2 is 2.23 bits per heavy atom. The Bertz CT molecular complexity index is 822. The zero-order valence-corrected chi connectivity index (χ0v) is 15.4. The molecule has 0 amide bonds. The van der Waals surface area contributed by atoms with E-state index in [1.165, 1.54) is 42.1 Å². The van der Waals surface area contributed by atoms with Crippen LogP contribution in [0.3, 0.4) is 0 Å². The van der Waals surface area contributed by atoms with Crippen LogP contribution in [-0.2, 0) is 11.2 Å². The number of fused-ring (bicyclic) bond motifs is 3. The minimum atomic E-state index is 0.385. The van der Waals surface area contributed by atoms with Gasteiger partial charge in [-0.1, -0.05) is 24.6 Å². The third-order valence-electron chi connectivity index (χ3n) is 6.91. The molecule has 2 heterocycles. The van der Waals surface area contributed by atoms with Gasteiger partial charge < -0.3 is 20.4 Å². The molecule has 3 N–H and O–H groups in total. The lowest BCUT2D eigenvalue weighted by atomic mass is 9.46. The molecule has 2 aromatic rings. The van der Waals surface area contributed by atoms with E-state index >= 15 is 0 Å². The summed E-state index contributed by atoms with van der Waals surface area (Å²) in [7, 11) is 1.87. The summed E-state index contributed by atoms with van der Waals surface area (Å²) in [5, 5.41) is 8.57. The van der Waals surface area contributed by atoms with Gasteiger partial charge in [-0.3, -0.25) is 4.99 Å². The van der Waals surface area contributed by atoms with Crippen molar-refractivity contribution >= 4 is 16.9 Å². The van der Waals surface area contributed by atoms with Crippen molar-refractivity contribution < 1.29 is 4.74 Å². The number of rotatable bonds is 4. The summed E-state index contributed by atoms with van der Waals surface area (Å²) < 4.78 is 6.02. The topological polar surface area (TPSA) is 61.4 Å². The SMILES string of the molecule is CN=C(NCCc1c[nH]c2ccccc12)NC1C2CCOC2C12CCC2. The zero-order valence-electron chi connectivity index (χ0n) is 15.4. The first kappa shape index (κ1) is 16.2. The number of H-pyrrole nitrogens is 1. The van der Waals surface area contributed by atoms with Crippen LogP contribution in [0.1, 0.15) is 31.2 Å². The van der Waals surface area contributed by atoms with Crippen molar-refractivity contribution in [2.45, 2.75) is 44.2 Å². The quantitative estimate of drug-likeness (QED) is 0.586. The molecule has 26 heavy (non-hydrogen) atoms. The molecule has 1 spiro atoms. The van der Waals surface area contributed by atoms with Gasteiger partial charge in [-0.25, -0.2) is 0 Å². The Labute approximate surface area is 154 Å². The van der Waals surface area contributed by atoms with Gasteiger partial charge in [-0.05, 0) is 37.3 Å². The standard InChI is InChI=1S/C21H28N4O/c1-22-20(23-11-7-14-13-24-17-6-3-2-5-15(14)17)25-18-16-8-12-26-19(16)21(18)9-4-10-21/h2-3,5-6,13,16,18-19,24H,4,7-12H2,1H3,(H2,22,23,25). The summed E-state index contributed by atoms with van der Waals surface area (Å²) in [5.74, 6) is 1.61. The summed E-state index contributed by atoms with van der Waals surface area (Å²) in [6.45, 7) is 1.81. The molecule has 0 radical (unpaired) electrons. The summed E-state index contributed by atoms with van der Waals surface area (Å²) >= 11 is 0. The van der Waals surface area contributed by atoms with E-state index in [1.54, 1.807) is 0 Å². The molecular weight excluding hydrogens is 324 g/mol. The molecule has 3 fully saturated rings. The van der Waals surface area contributed by atoms with Crippen LogP contribution in [0.2, 0.25) is 0 Å². The number of benzene rings is 1. The fraction of sp³-hybridized carbons (Fsp3) is 0.571. The fourth-order valence-electron chi connectivity index (χ4n) is 5.45. The van der Waals surface area contributed by atoms with Gasteiger partial charge in [0.25, 0.3) is 0 Å². The largest absolute Gasteiger partial charge is 0.377 e. The monoisotopic (exact) mass is 352 g/mol. The molecule has 3 atom stereocenters. The third kappa shape index (κ3) is 2.37. The Balaban J connectivity index is 1.20. The molecule has 5 heteroatoms. The van der Waals surface area contributed by atoms with Crippen LogP contribution in [0.4, 0.5) is 0 Å². The molecule has 3 aliphatic rings. The van der Waals surface area contributed by atoms with Crippen molar-refractivity contribution in [3.8, 4) is 0 Å². The molecule has 5 rings (SSSR count). The van der Waals surface area contributed by atoms with Crippen LogP contribution in [0.25, 0.3) is 10.9 Å². The Morgan fingerprint density at radius 1 is 1.35 bits per heavy atom. The Morgan fingerprint density at radius 3 is 3.04 bits per heavy atom. The van der Waals surface area contributed by atoms with Gasteiger partial charge in [0, 0.05) is 54.7 Å². The van der Waals surface area contributed by atoms with E-state index in [1.807, 2.05) is 7.05 Å². The minimum Gasteiger partial charge on any atom is -0.377 e. The van der Waals surface area contributed by atoms with Crippen molar-refractivity contribution in [2.75, 3.05) is 20.2 Å². The van der Waals surface area contributed by atoms with E-state index in [2.05, 4.69) is 51.1 Å². The molecule has 3 unspecified atom stereocenters. The van der Waals surface area contributed by atoms with Crippen molar-refractivity contribution in [1.29, 1.82) is 0 Å². The third-order valence-corrected chi connectivity index (χ3v) is 6.91.